The van der Waals surface area contributed by atoms with Crippen LogP contribution in [0.15, 0.2) is 0 Å². The van der Waals surface area contributed by atoms with Crippen LogP contribution < -0.4 is 16.4 Å². The minimum Gasteiger partial charge on any atom is -0.382 e. The van der Waals surface area contributed by atoms with Gasteiger partial charge in [-0.1, -0.05) is 11.3 Å². The van der Waals surface area contributed by atoms with Gasteiger partial charge in [-0.05, 0) is 12.8 Å². The molecule has 1 aromatic heterocycles. The zero-order valence-electron chi connectivity index (χ0n) is 11.6. The summed E-state index contributed by atoms with van der Waals surface area (Å²) >= 11 is 1.28. The molecular weight excluding hydrogens is 278 g/mol. The summed E-state index contributed by atoms with van der Waals surface area (Å²) in [6.07, 6.45) is 1.22. The molecule has 1 aromatic rings. The maximum Gasteiger partial charge on any atom is 0.267 e. The number of carbonyl (C=O) groups excluding carboxylic acids is 2. The number of thiazole rings is 1. The van der Waals surface area contributed by atoms with E-state index in [1.807, 2.05) is 19.0 Å². The van der Waals surface area contributed by atoms with Crippen LogP contribution in [0.2, 0.25) is 0 Å². The number of carbonyl (C=O) groups is 2. The van der Waals surface area contributed by atoms with E-state index in [1.54, 1.807) is 4.90 Å². The summed E-state index contributed by atoms with van der Waals surface area (Å²) in [7, 11) is 3.70. The number of primary amides is 1. The van der Waals surface area contributed by atoms with Crippen molar-refractivity contribution in [1.82, 2.24) is 9.88 Å². The highest BCUT2D eigenvalue weighted by atomic mass is 32.1. The number of hydrogen-bond donors (Lipinski definition) is 2. The van der Waals surface area contributed by atoms with Crippen molar-refractivity contribution in [2.24, 2.45) is 11.7 Å². The van der Waals surface area contributed by atoms with Crippen LogP contribution >= 0.6 is 11.3 Å². The highest BCUT2D eigenvalue weighted by molar-refractivity contribution is 7.18. The Labute approximate surface area is 121 Å². The van der Waals surface area contributed by atoms with Gasteiger partial charge in [0.2, 0.25) is 5.91 Å². The van der Waals surface area contributed by atoms with E-state index < -0.39 is 0 Å². The van der Waals surface area contributed by atoms with Gasteiger partial charge in [-0.15, -0.1) is 0 Å². The van der Waals surface area contributed by atoms with Crippen LogP contribution in [0.3, 0.4) is 0 Å². The molecule has 8 heteroatoms. The highest BCUT2D eigenvalue weighted by Gasteiger charge is 2.28. The van der Waals surface area contributed by atoms with Gasteiger partial charge in [0.25, 0.3) is 5.91 Å². The Morgan fingerprint density at radius 2 is 1.95 bits per heavy atom. The van der Waals surface area contributed by atoms with Crippen molar-refractivity contribution in [3.8, 4) is 0 Å². The normalized spacial score (nSPS) is 16.2. The molecule has 0 unspecified atom stereocenters. The van der Waals surface area contributed by atoms with E-state index in [1.165, 1.54) is 11.3 Å². The van der Waals surface area contributed by atoms with Crippen molar-refractivity contribution in [3.63, 3.8) is 0 Å². The van der Waals surface area contributed by atoms with Gasteiger partial charge in [0.1, 0.15) is 10.7 Å². The predicted molar refractivity (Wildman–Crippen MR) is 78.7 cm³/mol. The molecule has 4 N–H and O–H groups in total. The Morgan fingerprint density at radius 1 is 1.35 bits per heavy atom. The smallest absolute Gasteiger partial charge is 0.267 e. The quantitative estimate of drug-likeness (QED) is 0.825. The monoisotopic (exact) mass is 297 g/mol. The molecule has 110 valence electrons. The Kier molecular flexibility index (Phi) is 4.12. The summed E-state index contributed by atoms with van der Waals surface area (Å²) in [5.41, 5.74) is 11.1. The van der Waals surface area contributed by atoms with Crippen LogP contribution in [0.25, 0.3) is 0 Å². The number of likely N-dealkylation sites (tertiary alicyclic amines) is 1. The van der Waals surface area contributed by atoms with Crippen LogP contribution in [-0.2, 0) is 4.79 Å². The van der Waals surface area contributed by atoms with E-state index in [9.17, 15) is 9.59 Å². The molecule has 20 heavy (non-hydrogen) atoms. The summed E-state index contributed by atoms with van der Waals surface area (Å²) in [5.74, 6) is -0.267. The predicted octanol–water partition coefficient (Wildman–Crippen LogP) is 0.129. The fourth-order valence-electron chi connectivity index (χ4n) is 2.18. The molecule has 2 heterocycles. The van der Waals surface area contributed by atoms with Crippen molar-refractivity contribution in [2.75, 3.05) is 37.8 Å². The molecule has 0 bridgehead atoms. The van der Waals surface area contributed by atoms with Gasteiger partial charge in [-0.2, -0.15) is 0 Å². The van der Waals surface area contributed by atoms with Gasteiger partial charge in [-0.3, -0.25) is 9.59 Å². The van der Waals surface area contributed by atoms with Crippen LogP contribution in [0.4, 0.5) is 10.9 Å². The zero-order valence-corrected chi connectivity index (χ0v) is 12.4. The highest BCUT2D eigenvalue weighted by Crippen LogP contribution is 2.29. The Balaban J connectivity index is 2.07. The molecular formula is C12H19N5O2S. The summed E-state index contributed by atoms with van der Waals surface area (Å²) in [5, 5.41) is 0.706. The molecule has 1 saturated heterocycles. The van der Waals surface area contributed by atoms with Gasteiger partial charge in [0, 0.05) is 33.1 Å². The summed E-state index contributed by atoms with van der Waals surface area (Å²) < 4.78 is 0. The fraction of sp³-hybridized carbons (Fsp3) is 0.583. The SMILES string of the molecule is CN(C)c1nc(N)c(C(=O)N2CCC(C(N)=O)CC2)s1. The second-order valence-corrected chi connectivity index (χ2v) is 6.05. The molecule has 1 aliphatic rings. The van der Waals surface area contributed by atoms with E-state index >= 15 is 0 Å². The number of nitrogen functional groups attached to an aromatic ring is 1. The summed E-state index contributed by atoms with van der Waals surface area (Å²) in [6.45, 7) is 1.06. The van der Waals surface area contributed by atoms with E-state index in [0.717, 1.165) is 0 Å². The average molecular weight is 297 g/mol. The van der Waals surface area contributed by atoms with Crippen molar-refractivity contribution < 1.29 is 9.59 Å². The van der Waals surface area contributed by atoms with Crippen LogP contribution in [-0.4, -0.2) is 48.9 Å². The number of nitrogens with zero attached hydrogens (tertiary/aromatic N) is 3. The fourth-order valence-corrected chi connectivity index (χ4v) is 3.05. The first-order valence-corrected chi connectivity index (χ1v) is 7.24. The average Bonchev–Trinajstić information content (AvgIpc) is 2.80. The van der Waals surface area contributed by atoms with E-state index in [0.29, 0.717) is 35.9 Å². The van der Waals surface area contributed by atoms with Gasteiger partial charge in [-0.25, -0.2) is 4.98 Å². The summed E-state index contributed by atoms with van der Waals surface area (Å²) in [4.78, 5) is 31.7. The van der Waals surface area contributed by atoms with Gasteiger partial charge in [0.15, 0.2) is 5.13 Å². The number of rotatable bonds is 3. The van der Waals surface area contributed by atoms with Crippen LogP contribution in [0, 0.1) is 5.92 Å². The second kappa shape index (κ2) is 5.66. The molecule has 0 atom stereocenters. The molecule has 2 rings (SSSR count). The standard InChI is InChI=1S/C12H19N5O2S/c1-16(2)12-15-9(13)8(20-12)11(19)17-5-3-7(4-6-17)10(14)18/h7H,3-6,13H2,1-2H3,(H2,14,18). The lowest BCUT2D eigenvalue weighted by Crippen LogP contribution is -2.41. The van der Waals surface area contributed by atoms with Crippen molar-refractivity contribution in [3.05, 3.63) is 4.88 Å². The third-order valence-corrected chi connectivity index (χ3v) is 4.63. The Hall–Kier alpha value is -1.83. The lowest BCUT2D eigenvalue weighted by atomic mass is 9.96. The molecule has 0 saturated carbocycles. The maximum absolute atomic E-state index is 12.4. The van der Waals surface area contributed by atoms with Gasteiger partial charge in [0.05, 0.1) is 0 Å². The molecule has 1 aliphatic heterocycles. The maximum atomic E-state index is 12.4. The van der Waals surface area contributed by atoms with E-state index in [-0.39, 0.29) is 23.6 Å². The molecule has 0 radical (unpaired) electrons. The number of aromatic nitrogens is 1. The molecule has 0 spiro atoms. The Morgan fingerprint density at radius 3 is 2.40 bits per heavy atom. The van der Waals surface area contributed by atoms with Gasteiger partial charge < -0.3 is 21.3 Å². The number of anilines is 2. The van der Waals surface area contributed by atoms with Crippen molar-refractivity contribution >= 4 is 34.1 Å². The third kappa shape index (κ3) is 2.84. The zero-order chi connectivity index (χ0) is 14.9. The van der Waals surface area contributed by atoms with Crippen molar-refractivity contribution in [2.45, 2.75) is 12.8 Å². The first kappa shape index (κ1) is 14.6. The molecule has 2 amide bonds. The first-order chi connectivity index (χ1) is 9.40. The topological polar surface area (TPSA) is 106 Å². The van der Waals surface area contributed by atoms with Crippen LogP contribution in [0.5, 0.6) is 0 Å². The number of hydrogen-bond acceptors (Lipinski definition) is 6. The first-order valence-electron chi connectivity index (χ1n) is 6.42. The van der Waals surface area contributed by atoms with Gasteiger partial charge >= 0.3 is 0 Å². The second-order valence-electron chi connectivity index (χ2n) is 5.07. The molecule has 1 fully saturated rings. The van der Waals surface area contributed by atoms with E-state index in [2.05, 4.69) is 4.98 Å². The third-order valence-electron chi connectivity index (χ3n) is 3.40. The Bertz CT molecular complexity index is 520. The summed E-state index contributed by atoms with van der Waals surface area (Å²) in [6, 6.07) is 0. The molecule has 0 aliphatic carbocycles. The number of nitrogens with two attached hydrogens (primary N) is 2. The lowest BCUT2D eigenvalue weighted by molar-refractivity contribution is -0.123. The van der Waals surface area contributed by atoms with Crippen molar-refractivity contribution in [1.29, 1.82) is 0 Å². The van der Waals surface area contributed by atoms with E-state index in [4.69, 9.17) is 11.5 Å². The van der Waals surface area contributed by atoms with Crippen LogP contribution in [0.1, 0.15) is 22.5 Å². The molecule has 7 nitrogen and oxygen atoms in total. The molecule has 0 aromatic carbocycles. The lowest BCUT2D eigenvalue weighted by Gasteiger charge is -2.30. The minimum atomic E-state index is -0.288. The largest absolute Gasteiger partial charge is 0.382 e. The minimum absolute atomic E-state index is 0.115. The number of piperidine rings is 1. The number of amides is 2.